The summed E-state index contributed by atoms with van der Waals surface area (Å²) in [5, 5.41) is 7.37. The Labute approximate surface area is 92.0 Å². The monoisotopic (exact) mass is 246 g/mol. The third kappa shape index (κ3) is 3.04. The van der Waals surface area contributed by atoms with Crippen LogP contribution in [0.2, 0.25) is 5.15 Å². The first kappa shape index (κ1) is 11.7. The van der Waals surface area contributed by atoms with Crippen LogP contribution in [0.15, 0.2) is 12.4 Å². The molecular formula is C7H7ClN4O2S. The van der Waals surface area contributed by atoms with E-state index in [1.165, 1.54) is 19.3 Å². The number of aromatic nitrogens is 2. The summed E-state index contributed by atoms with van der Waals surface area (Å²) in [6.07, 6.45) is 2.47. The first-order valence-corrected chi connectivity index (χ1v) is 5.77. The number of hydrogen-bond acceptors (Lipinski definition) is 5. The van der Waals surface area contributed by atoms with Crippen molar-refractivity contribution in [1.82, 2.24) is 9.97 Å². The van der Waals surface area contributed by atoms with Gasteiger partial charge < -0.3 is 0 Å². The van der Waals surface area contributed by atoms with Gasteiger partial charge in [-0.05, 0) is 6.92 Å². The van der Waals surface area contributed by atoms with Crippen molar-refractivity contribution in [3.63, 3.8) is 0 Å². The van der Waals surface area contributed by atoms with Gasteiger partial charge in [-0.1, -0.05) is 11.6 Å². The summed E-state index contributed by atoms with van der Waals surface area (Å²) in [6.45, 7) is 1.26. The minimum atomic E-state index is -3.75. The second-order valence-electron chi connectivity index (χ2n) is 2.65. The molecule has 0 aliphatic carbocycles. The lowest BCUT2D eigenvalue weighted by Crippen LogP contribution is -2.24. The maximum Gasteiger partial charge on any atom is 0.250 e. The lowest BCUT2D eigenvalue weighted by Gasteiger charge is -2.07. The number of halogens is 1. The summed E-state index contributed by atoms with van der Waals surface area (Å²) in [6, 6.07) is 1.61. The van der Waals surface area contributed by atoms with Crippen molar-refractivity contribution in [1.29, 1.82) is 5.26 Å². The lowest BCUT2D eigenvalue weighted by molar-refractivity contribution is 0.597. The van der Waals surface area contributed by atoms with Gasteiger partial charge in [0.15, 0.2) is 11.1 Å². The predicted molar refractivity (Wildman–Crippen MR) is 54.7 cm³/mol. The van der Waals surface area contributed by atoms with Crippen LogP contribution < -0.4 is 4.72 Å². The molecule has 0 radical (unpaired) electrons. The summed E-state index contributed by atoms with van der Waals surface area (Å²) < 4.78 is 24.9. The molecule has 80 valence electrons. The number of rotatable bonds is 3. The SMILES string of the molecule is CC(C#N)S(=O)(=O)Nc1cncc(Cl)n1. The Morgan fingerprint density at radius 3 is 2.80 bits per heavy atom. The average Bonchev–Trinajstić information content (AvgIpc) is 2.15. The van der Waals surface area contributed by atoms with Crippen LogP contribution in [-0.2, 0) is 10.0 Å². The van der Waals surface area contributed by atoms with Gasteiger partial charge in [0.05, 0.1) is 18.5 Å². The number of hydrogen-bond donors (Lipinski definition) is 1. The molecule has 0 bridgehead atoms. The molecule has 6 nitrogen and oxygen atoms in total. The van der Waals surface area contributed by atoms with Crippen LogP contribution in [0.25, 0.3) is 0 Å². The molecule has 8 heteroatoms. The fraction of sp³-hybridized carbons (Fsp3) is 0.286. The van der Waals surface area contributed by atoms with Gasteiger partial charge in [-0.2, -0.15) is 5.26 Å². The van der Waals surface area contributed by atoms with E-state index >= 15 is 0 Å². The molecule has 0 saturated heterocycles. The molecule has 0 saturated carbocycles. The summed E-state index contributed by atoms with van der Waals surface area (Å²) >= 11 is 5.51. The fourth-order valence-electron chi connectivity index (χ4n) is 0.695. The van der Waals surface area contributed by atoms with E-state index in [1.807, 2.05) is 0 Å². The van der Waals surface area contributed by atoms with Crippen LogP contribution in [0.1, 0.15) is 6.92 Å². The maximum absolute atomic E-state index is 11.4. The normalized spacial score (nSPS) is 12.9. The fourth-order valence-corrected chi connectivity index (χ4v) is 1.55. The molecule has 15 heavy (non-hydrogen) atoms. The van der Waals surface area contributed by atoms with E-state index in [2.05, 4.69) is 14.7 Å². The van der Waals surface area contributed by atoms with Crippen molar-refractivity contribution in [3.05, 3.63) is 17.5 Å². The zero-order valence-corrected chi connectivity index (χ0v) is 9.25. The van der Waals surface area contributed by atoms with Crippen LogP contribution in [0.5, 0.6) is 0 Å². The third-order valence-electron chi connectivity index (χ3n) is 1.50. The topological polar surface area (TPSA) is 95.7 Å². The summed E-state index contributed by atoms with van der Waals surface area (Å²) in [5.41, 5.74) is 0. The minimum Gasteiger partial charge on any atom is -0.265 e. The third-order valence-corrected chi connectivity index (χ3v) is 3.21. The largest absolute Gasteiger partial charge is 0.265 e. The molecule has 1 aromatic heterocycles. The Balaban J connectivity index is 2.93. The molecule has 1 rings (SSSR count). The van der Waals surface area contributed by atoms with E-state index in [0.29, 0.717) is 0 Å². The predicted octanol–water partition coefficient (Wildman–Crippen LogP) is 0.784. The molecule has 0 spiro atoms. The van der Waals surface area contributed by atoms with E-state index in [0.717, 1.165) is 0 Å². The summed E-state index contributed by atoms with van der Waals surface area (Å²) in [7, 11) is -3.75. The van der Waals surface area contributed by atoms with Gasteiger partial charge in [-0.15, -0.1) is 0 Å². The van der Waals surface area contributed by atoms with Gasteiger partial charge in [0.25, 0.3) is 0 Å². The Bertz CT molecular complexity index is 496. The van der Waals surface area contributed by atoms with Crippen LogP contribution in [-0.4, -0.2) is 23.6 Å². The molecule has 1 aromatic rings. The smallest absolute Gasteiger partial charge is 0.250 e. The molecule has 1 N–H and O–H groups in total. The highest BCUT2D eigenvalue weighted by atomic mass is 35.5. The molecule has 0 aliphatic heterocycles. The molecule has 0 aromatic carbocycles. The van der Waals surface area contributed by atoms with Gasteiger partial charge in [0.2, 0.25) is 10.0 Å². The highest BCUT2D eigenvalue weighted by Gasteiger charge is 2.20. The second kappa shape index (κ2) is 4.42. The molecule has 1 atom stereocenters. The van der Waals surface area contributed by atoms with E-state index in [-0.39, 0.29) is 11.0 Å². The average molecular weight is 247 g/mol. The van der Waals surface area contributed by atoms with Gasteiger partial charge in [-0.25, -0.2) is 13.4 Å². The number of sulfonamides is 1. The lowest BCUT2D eigenvalue weighted by atomic mass is 10.5. The van der Waals surface area contributed by atoms with Crippen molar-refractivity contribution in [2.24, 2.45) is 0 Å². The highest BCUT2D eigenvalue weighted by molar-refractivity contribution is 7.93. The van der Waals surface area contributed by atoms with Gasteiger partial charge in [-0.3, -0.25) is 9.71 Å². The Morgan fingerprint density at radius 2 is 2.27 bits per heavy atom. The second-order valence-corrected chi connectivity index (χ2v) is 5.03. The first-order chi connectivity index (χ1) is 6.95. The molecule has 0 aliphatic rings. The van der Waals surface area contributed by atoms with Crippen LogP contribution in [0.4, 0.5) is 5.82 Å². The van der Waals surface area contributed by atoms with Crippen LogP contribution in [0, 0.1) is 11.3 Å². The van der Waals surface area contributed by atoms with E-state index in [9.17, 15) is 8.42 Å². The Kier molecular flexibility index (Phi) is 3.44. The molecular weight excluding hydrogens is 240 g/mol. The van der Waals surface area contributed by atoms with Crippen molar-refractivity contribution in [3.8, 4) is 6.07 Å². The van der Waals surface area contributed by atoms with Crippen LogP contribution in [0.3, 0.4) is 0 Å². The van der Waals surface area contributed by atoms with Gasteiger partial charge in [0, 0.05) is 0 Å². The zero-order valence-electron chi connectivity index (χ0n) is 7.68. The number of nitrogens with one attached hydrogen (secondary N) is 1. The van der Waals surface area contributed by atoms with E-state index in [4.69, 9.17) is 16.9 Å². The number of nitriles is 1. The number of anilines is 1. The molecule has 0 amide bonds. The zero-order chi connectivity index (χ0) is 11.5. The molecule has 0 fully saturated rings. The maximum atomic E-state index is 11.4. The quantitative estimate of drug-likeness (QED) is 0.850. The summed E-state index contributed by atoms with van der Waals surface area (Å²) in [5.74, 6) is -0.00963. The van der Waals surface area contributed by atoms with E-state index < -0.39 is 15.3 Å². The van der Waals surface area contributed by atoms with Crippen molar-refractivity contribution < 1.29 is 8.42 Å². The summed E-state index contributed by atoms with van der Waals surface area (Å²) in [4.78, 5) is 7.33. The molecule has 1 unspecified atom stereocenters. The molecule has 1 heterocycles. The minimum absolute atomic E-state index is 0.00963. The van der Waals surface area contributed by atoms with Crippen molar-refractivity contribution in [2.75, 3.05) is 4.72 Å². The van der Waals surface area contributed by atoms with Gasteiger partial charge in [0.1, 0.15) is 5.15 Å². The standard InChI is InChI=1S/C7H7ClN4O2S/c1-5(2-9)15(13,14)12-7-4-10-3-6(8)11-7/h3-5H,1H3,(H,11,12). The Hall–Kier alpha value is -1.39. The Morgan fingerprint density at radius 1 is 1.60 bits per heavy atom. The van der Waals surface area contributed by atoms with Gasteiger partial charge >= 0.3 is 0 Å². The highest BCUT2D eigenvalue weighted by Crippen LogP contribution is 2.10. The van der Waals surface area contributed by atoms with Crippen molar-refractivity contribution >= 4 is 27.4 Å². The van der Waals surface area contributed by atoms with Crippen LogP contribution >= 0.6 is 11.6 Å². The van der Waals surface area contributed by atoms with Crippen molar-refractivity contribution in [2.45, 2.75) is 12.2 Å². The first-order valence-electron chi connectivity index (χ1n) is 3.84. The number of nitrogens with zero attached hydrogens (tertiary/aromatic N) is 3. The van der Waals surface area contributed by atoms with E-state index in [1.54, 1.807) is 6.07 Å².